The maximum Gasteiger partial charge on any atom is 0.410 e. The summed E-state index contributed by atoms with van der Waals surface area (Å²) in [6, 6.07) is 9.66. The Kier molecular flexibility index (Phi) is 7.51. The van der Waals surface area contributed by atoms with Crippen LogP contribution in [0.1, 0.15) is 56.1 Å². The molecule has 2 amide bonds. The molecule has 6 rings (SSSR count). The van der Waals surface area contributed by atoms with Gasteiger partial charge in [-0.05, 0) is 62.7 Å². The SMILES string of the molecule is COCCOC(=O)N1Cc2ccccc2C2(CCN(C3CC4CCC(C3)N4C(=O)O[C@@H]3CCOC3)CC2)C1. The molecule has 5 aliphatic heterocycles. The number of rotatable bonds is 5. The Bertz CT molecular complexity index is 992. The third-order valence-electron chi connectivity index (χ3n) is 9.56. The second-order valence-corrected chi connectivity index (χ2v) is 11.7. The highest BCUT2D eigenvalue weighted by atomic mass is 16.6. The van der Waals surface area contributed by atoms with Crippen LogP contribution < -0.4 is 0 Å². The quantitative estimate of drug-likeness (QED) is 0.542. The fraction of sp³-hybridized carbons (Fsp3) is 0.724. The standard InChI is InChI=1S/C29H41N3O6/c1-35-14-15-37-27(33)31-18-21-4-2-3-5-26(21)29(20-31)9-11-30(12-10-29)24-16-22-6-7-23(17-24)32(22)28(34)38-25-8-13-36-19-25/h2-5,22-25H,6-20H2,1H3/t22?,23?,24?,25-/m1/s1. The minimum absolute atomic E-state index is 0.0432. The van der Waals surface area contributed by atoms with E-state index in [1.54, 1.807) is 7.11 Å². The van der Waals surface area contributed by atoms with Crippen LogP contribution in [-0.2, 0) is 30.9 Å². The third-order valence-corrected chi connectivity index (χ3v) is 9.56. The molecule has 0 N–H and O–H groups in total. The molecular weight excluding hydrogens is 486 g/mol. The number of likely N-dealkylation sites (tertiary alicyclic amines) is 1. The molecule has 4 fully saturated rings. The predicted octanol–water partition coefficient (Wildman–Crippen LogP) is 3.54. The second-order valence-electron chi connectivity index (χ2n) is 11.7. The summed E-state index contributed by atoms with van der Waals surface area (Å²) >= 11 is 0. The monoisotopic (exact) mass is 527 g/mol. The van der Waals surface area contributed by atoms with E-state index in [9.17, 15) is 9.59 Å². The third kappa shape index (κ3) is 5.00. The van der Waals surface area contributed by atoms with E-state index in [-0.39, 0.29) is 42.4 Å². The summed E-state index contributed by atoms with van der Waals surface area (Å²) in [6.07, 6.45) is 6.55. The van der Waals surface area contributed by atoms with Gasteiger partial charge in [0.2, 0.25) is 0 Å². The van der Waals surface area contributed by atoms with Crippen molar-refractivity contribution in [3.05, 3.63) is 35.4 Å². The van der Waals surface area contributed by atoms with Crippen molar-refractivity contribution in [1.29, 1.82) is 0 Å². The Morgan fingerprint density at radius 1 is 1.00 bits per heavy atom. The van der Waals surface area contributed by atoms with Crippen molar-refractivity contribution in [2.75, 3.05) is 53.2 Å². The molecule has 0 aromatic heterocycles. The predicted molar refractivity (Wildman–Crippen MR) is 140 cm³/mol. The molecule has 3 atom stereocenters. The lowest BCUT2D eigenvalue weighted by Crippen LogP contribution is -2.58. The van der Waals surface area contributed by atoms with E-state index in [4.69, 9.17) is 18.9 Å². The molecule has 0 radical (unpaired) electrons. The highest BCUT2D eigenvalue weighted by Crippen LogP contribution is 2.44. The molecular formula is C29H41N3O6. The number of amides is 2. The van der Waals surface area contributed by atoms with Crippen molar-refractivity contribution in [3.8, 4) is 0 Å². The molecule has 38 heavy (non-hydrogen) atoms. The Morgan fingerprint density at radius 2 is 1.76 bits per heavy atom. The Morgan fingerprint density at radius 3 is 2.47 bits per heavy atom. The smallest absolute Gasteiger partial charge is 0.410 e. The highest BCUT2D eigenvalue weighted by Gasteiger charge is 2.49. The van der Waals surface area contributed by atoms with E-state index >= 15 is 0 Å². The first kappa shape index (κ1) is 25.9. The fourth-order valence-electron chi connectivity index (χ4n) is 7.62. The first-order chi connectivity index (χ1) is 18.6. The number of methoxy groups -OCH3 is 1. The summed E-state index contributed by atoms with van der Waals surface area (Å²) in [5.74, 6) is 0. The van der Waals surface area contributed by atoms with Gasteiger partial charge in [0, 0.05) is 50.2 Å². The van der Waals surface area contributed by atoms with Crippen LogP contribution >= 0.6 is 0 Å². The molecule has 208 valence electrons. The van der Waals surface area contributed by atoms with Crippen molar-refractivity contribution >= 4 is 12.2 Å². The van der Waals surface area contributed by atoms with Crippen molar-refractivity contribution in [3.63, 3.8) is 0 Å². The number of carbonyl (C=O) groups excluding carboxylic acids is 2. The number of fused-ring (bicyclic) bond motifs is 4. The van der Waals surface area contributed by atoms with Crippen LogP contribution in [0.5, 0.6) is 0 Å². The van der Waals surface area contributed by atoms with Crippen molar-refractivity contribution in [1.82, 2.24) is 14.7 Å². The van der Waals surface area contributed by atoms with Crippen molar-refractivity contribution < 1.29 is 28.5 Å². The van der Waals surface area contributed by atoms with Crippen molar-refractivity contribution in [2.45, 2.75) is 81.1 Å². The van der Waals surface area contributed by atoms with E-state index in [1.165, 1.54) is 11.1 Å². The molecule has 9 nitrogen and oxygen atoms in total. The minimum Gasteiger partial charge on any atom is -0.447 e. The zero-order valence-corrected chi connectivity index (χ0v) is 22.5. The number of piperidine rings is 2. The summed E-state index contributed by atoms with van der Waals surface area (Å²) in [6.45, 7) is 5.20. The molecule has 1 aromatic rings. The van der Waals surface area contributed by atoms with E-state index in [0.717, 1.165) is 58.0 Å². The van der Waals surface area contributed by atoms with Gasteiger partial charge < -0.3 is 33.6 Å². The average Bonchev–Trinajstić information content (AvgIpc) is 3.54. The fourth-order valence-corrected chi connectivity index (χ4v) is 7.62. The van der Waals surface area contributed by atoms with Gasteiger partial charge in [-0.25, -0.2) is 9.59 Å². The molecule has 2 unspecified atom stereocenters. The van der Waals surface area contributed by atoms with Crippen LogP contribution in [0, 0.1) is 0 Å². The van der Waals surface area contributed by atoms with Crippen molar-refractivity contribution in [2.24, 2.45) is 0 Å². The van der Waals surface area contributed by atoms with Gasteiger partial charge in [0.1, 0.15) is 12.7 Å². The number of benzene rings is 1. The van der Waals surface area contributed by atoms with Crippen LogP contribution in [0.15, 0.2) is 24.3 Å². The van der Waals surface area contributed by atoms with Gasteiger partial charge in [-0.1, -0.05) is 24.3 Å². The van der Waals surface area contributed by atoms with Crippen LogP contribution in [-0.4, -0.2) is 104 Å². The summed E-state index contributed by atoms with van der Waals surface area (Å²) in [4.78, 5) is 32.4. The number of hydrogen-bond acceptors (Lipinski definition) is 7. The van der Waals surface area contributed by atoms with Gasteiger partial charge in [-0.3, -0.25) is 0 Å². The summed E-state index contributed by atoms with van der Waals surface area (Å²) < 4.78 is 21.7. The van der Waals surface area contributed by atoms with Crippen LogP contribution in [0.3, 0.4) is 0 Å². The lowest BCUT2D eigenvalue weighted by atomic mass is 9.68. The van der Waals surface area contributed by atoms with Crippen LogP contribution in [0.4, 0.5) is 9.59 Å². The molecule has 1 spiro atoms. The molecule has 4 saturated heterocycles. The second kappa shape index (κ2) is 11.0. The summed E-state index contributed by atoms with van der Waals surface area (Å²) in [7, 11) is 1.61. The summed E-state index contributed by atoms with van der Waals surface area (Å²) in [5.41, 5.74) is 2.58. The molecule has 5 aliphatic rings. The van der Waals surface area contributed by atoms with Gasteiger partial charge >= 0.3 is 12.2 Å². The van der Waals surface area contributed by atoms with E-state index in [2.05, 4.69) is 29.2 Å². The Balaban J connectivity index is 1.09. The highest BCUT2D eigenvalue weighted by molar-refractivity contribution is 5.70. The zero-order chi connectivity index (χ0) is 26.1. The molecule has 1 aromatic carbocycles. The van der Waals surface area contributed by atoms with E-state index < -0.39 is 0 Å². The lowest BCUT2D eigenvalue weighted by Gasteiger charge is -2.51. The number of nitrogens with zero attached hydrogens (tertiary/aromatic N) is 3. The Hall–Kier alpha value is -2.36. The maximum atomic E-state index is 13.0. The number of ether oxygens (including phenoxy) is 4. The zero-order valence-electron chi connectivity index (χ0n) is 22.5. The molecule has 5 heterocycles. The molecule has 0 saturated carbocycles. The van der Waals surface area contributed by atoms with Gasteiger partial charge in [0.25, 0.3) is 0 Å². The van der Waals surface area contributed by atoms with Gasteiger partial charge in [0.05, 0.1) is 19.8 Å². The molecule has 9 heteroatoms. The summed E-state index contributed by atoms with van der Waals surface area (Å²) in [5, 5.41) is 0. The van der Waals surface area contributed by atoms with Crippen LogP contribution in [0.25, 0.3) is 0 Å². The Labute approximate surface area is 225 Å². The topological polar surface area (TPSA) is 80.8 Å². The van der Waals surface area contributed by atoms with E-state index in [1.807, 2.05) is 9.80 Å². The first-order valence-electron chi connectivity index (χ1n) is 14.4. The number of hydrogen-bond donors (Lipinski definition) is 0. The minimum atomic E-state index is -0.252. The van der Waals surface area contributed by atoms with Crippen LogP contribution in [0.2, 0.25) is 0 Å². The van der Waals surface area contributed by atoms with E-state index in [0.29, 0.717) is 39.0 Å². The van der Waals surface area contributed by atoms with Gasteiger partial charge in [-0.2, -0.15) is 0 Å². The largest absolute Gasteiger partial charge is 0.447 e. The van der Waals surface area contributed by atoms with Gasteiger partial charge in [0.15, 0.2) is 0 Å². The first-order valence-corrected chi connectivity index (χ1v) is 14.4. The average molecular weight is 528 g/mol. The van der Waals surface area contributed by atoms with Gasteiger partial charge in [-0.15, -0.1) is 0 Å². The molecule has 0 aliphatic carbocycles. The molecule has 2 bridgehead atoms. The lowest BCUT2D eigenvalue weighted by molar-refractivity contribution is 0.00431. The number of carbonyl (C=O) groups is 2. The maximum absolute atomic E-state index is 13.0. The normalized spacial score (nSPS) is 30.3.